The van der Waals surface area contributed by atoms with Crippen molar-refractivity contribution in [3.63, 3.8) is 0 Å². The third kappa shape index (κ3) is 1.99. The summed E-state index contributed by atoms with van der Waals surface area (Å²) in [5.74, 6) is 1.000. The fraction of sp³-hybridized carbons (Fsp3) is 0. The number of nitrogens with one attached hydrogen (secondary N) is 1. The predicted molar refractivity (Wildman–Crippen MR) is 89.6 cm³/mol. The first-order valence-corrected chi connectivity index (χ1v) is 7.38. The zero-order valence-electron chi connectivity index (χ0n) is 11.0. The minimum absolute atomic E-state index is 0.220. The fourth-order valence-electron chi connectivity index (χ4n) is 2.59. The van der Waals surface area contributed by atoms with Gasteiger partial charge >= 0.3 is 0 Å². The van der Waals surface area contributed by atoms with Gasteiger partial charge in [0.2, 0.25) is 0 Å². The van der Waals surface area contributed by atoms with E-state index in [0.29, 0.717) is 4.47 Å². The lowest BCUT2D eigenvalue weighted by atomic mass is 10.0. The molecule has 1 aliphatic heterocycles. The Morgan fingerprint density at radius 1 is 1.00 bits per heavy atom. The van der Waals surface area contributed by atoms with E-state index in [2.05, 4.69) is 39.4 Å². The Morgan fingerprint density at radius 2 is 1.81 bits per heavy atom. The van der Waals surface area contributed by atoms with Crippen LogP contribution in [-0.4, -0.2) is 10.9 Å². The molecule has 0 saturated heterocycles. The normalized spacial score (nSPS) is 12.9. The van der Waals surface area contributed by atoms with Crippen molar-refractivity contribution in [3.05, 3.63) is 64.6 Å². The summed E-state index contributed by atoms with van der Waals surface area (Å²) >= 11 is 3.34. The maximum atomic E-state index is 9.62. The van der Waals surface area contributed by atoms with Gasteiger partial charge in [0.1, 0.15) is 11.6 Å². The van der Waals surface area contributed by atoms with Crippen molar-refractivity contribution >= 4 is 43.9 Å². The largest absolute Gasteiger partial charge is 0.507 e. The monoisotopic (exact) mass is 338 g/mol. The van der Waals surface area contributed by atoms with Crippen LogP contribution in [-0.2, 0) is 0 Å². The molecule has 0 atom stereocenters. The Bertz CT molecular complexity index is 897. The first kappa shape index (κ1) is 12.4. The highest BCUT2D eigenvalue weighted by Crippen LogP contribution is 2.36. The number of hydrogen-bond donors (Lipinski definition) is 2. The van der Waals surface area contributed by atoms with Gasteiger partial charge in [-0.25, -0.2) is 4.99 Å². The van der Waals surface area contributed by atoms with Crippen molar-refractivity contribution in [3.8, 4) is 5.75 Å². The molecule has 2 N–H and O–H groups in total. The molecule has 0 fully saturated rings. The van der Waals surface area contributed by atoms with Crippen LogP contribution in [0, 0.1) is 0 Å². The van der Waals surface area contributed by atoms with E-state index in [9.17, 15) is 5.11 Å². The summed E-state index contributed by atoms with van der Waals surface area (Å²) in [5.41, 5.74) is 2.93. The van der Waals surface area contributed by atoms with Crippen molar-refractivity contribution in [1.82, 2.24) is 0 Å². The molecule has 0 aromatic heterocycles. The molecule has 4 heteroatoms. The van der Waals surface area contributed by atoms with Gasteiger partial charge in [0, 0.05) is 16.6 Å². The summed E-state index contributed by atoms with van der Waals surface area (Å²) in [6.07, 6.45) is 0. The highest BCUT2D eigenvalue weighted by molar-refractivity contribution is 9.10. The summed E-state index contributed by atoms with van der Waals surface area (Å²) in [7, 11) is 0. The number of aliphatic imine (C=N–C) groups is 1. The summed E-state index contributed by atoms with van der Waals surface area (Å²) in [6, 6.07) is 17.6. The van der Waals surface area contributed by atoms with E-state index < -0.39 is 0 Å². The average molecular weight is 339 g/mol. The molecular formula is C17H11BrN2O. The zero-order chi connectivity index (χ0) is 14.4. The lowest BCUT2D eigenvalue weighted by molar-refractivity contribution is 0.472. The second-order valence-corrected chi connectivity index (χ2v) is 5.79. The third-order valence-electron chi connectivity index (χ3n) is 3.59. The van der Waals surface area contributed by atoms with Gasteiger partial charge in [-0.05, 0) is 51.6 Å². The Labute approximate surface area is 130 Å². The van der Waals surface area contributed by atoms with E-state index in [1.54, 1.807) is 6.07 Å². The minimum Gasteiger partial charge on any atom is -0.507 e. The molecule has 0 unspecified atom stereocenters. The second-order valence-electron chi connectivity index (χ2n) is 4.93. The standard InChI is InChI=1S/C17H11BrN2O/c18-12-9-11(7-8-15(12)21)17-19-13-5-1-3-10-4-2-6-14(20-17)16(10)13/h1-9,21H,(H,19,20). The molecule has 4 rings (SSSR count). The van der Waals surface area contributed by atoms with E-state index in [0.717, 1.165) is 28.2 Å². The van der Waals surface area contributed by atoms with Crippen LogP contribution < -0.4 is 5.32 Å². The van der Waals surface area contributed by atoms with Crippen LogP contribution in [0.5, 0.6) is 5.75 Å². The van der Waals surface area contributed by atoms with Crippen molar-refractivity contribution in [1.29, 1.82) is 0 Å². The molecule has 0 aliphatic carbocycles. The minimum atomic E-state index is 0.220. The van der Waals surface area contributed by atoms with Gasteiger partial charge in [-0.2, -0.15) is 0 Å². The molecular weight excluding hydrogens is 328 g/mol. The van der Waals surface area contributed by atoms with Gasteiger partial charge in [-0.1, -0.05) is 24.3 Å². The number of phenolic OH excluding ortho intramolecular Hbond substituents is 1. The van der Waals surface area contributed by atoms with Gasteiger partial charge in [0.25, 0.3) is 0 Å². The van der Waals surface area contributed by atoms with Gasteiger partial charge in [-0.3, -0.25) is 0 Å². The van der Waals surface area contributed by atoms with Gasteiger partial charge < -0.3 is 10.4 Å². The van der Waals surface area contributed by atoms with Crippen LogP contribution in [0.1, 0.15) is 5.56 Å². The van der Waals surface area contributed by atoms with Crippen LogP contribution in [0.15, 0.2) is 64.1 Å². The Kier molecular flexibility index (Phi) is 2.72. The fourth-order valence-corrected chi connectivity index (χ4v) is 2.96. The van der Waals surface area contributed by atoms with Gasteiger partial charge in [0.15, 0.2) is 0 Å². The number of halogens is 1. The number of amidine groups is 1. The number of aromatic hydroxyl groups is 1. The molecule has 0 saturated carbocycles. The van der Waals surface area contributed by atoms with Crippen LogP contribution in [0.3, 0.4) is 0 Å². The summed E-state index contributed by atoms with van der Waals surface area (Å²) < 4.78 is 0.654. The van der Waals surface area contributed by atoms with Crippen molar-refractivity contribution < 1.29 is 5.11 Å². The number of anilines is 1. The molecule has 1 aliphatic rings. The number of phenols is 1. The Hall–Kier alpha value is -2.33. The van der Waals surface area contributed by atoms with E-state index in [4.69, 9.17) is 4.99 Å². The second kappa shape index (κ2) is 4.60. The molecule has 3 nitrogen and oxygen atoms in total. The number of benzene rings is 3. The molecule has 3 aromatic rings. The average Bonchev–Trinajstić information content (AvgIpc) is 2.50. The first-order chi connectivity index (χ1) is 10.2. The van der Waals surface area contributed by atoms with Crippen molar-refractivity contribution in [2.24, 2.45) is 4.99 Å². The third-order valence-corrected chi connectivity index (χ3v) is 4.22. The molecule has 102 valence electrons. The van der Waals surface area contributed by atoms with Crippen LogP contribution in [0.4, 0.5) is 11.4 Å². The maximum Gasteiger partial charge on any atom is 0.138 e. The van der Waals surface area contributed by atoms with Crippen LogP contribution in [0.2, 0.25) is 0 Å². The van der Waals surface area contributed by atoms with Gasteiger partial charge in [-0.15, -0.1) is 0 Å². The Balaban J connectivity index is 1.91. The van der Waals surface area contributed by atoms with Crippen LogP contribution in [0.25, 0.3) is 10.8 Å². The molecule has 0 amide bonds. The van der Waals surface area contributed by atoms with E-state index in [1.807, 2.05) is 30.3 Å². The molecule has 21 heavy (non-hydrogen) atoms. The smallest absolute Gasteiger partial charge is 0.138 e. The molecule has 3 aromatic carbocycles. The van der Waals surface area contributed by atoms with E-state index in [-0.39, 0.29) is 5.75 Å². The summed E-state index contributed by atoms with van der Waals surface area (Å²) in [6.45, 7) is 0. The van der Waals surface area contributed by atoms with Crippen molar-refractivity contribution in [2.45, 2.75) is 0 Å². The molecule has 1 heterocycles. The SMILES string of the molecule is Oc1ccc(C2=Nc3cccc4cccc(c34)N2)cc1Br. The highest BCUT2D eigenvalue weighted by atomic mass is 79.9. The predicted octanol–water partition coefficient (Wildman–Crippen LogP) is 4.81. The lowest BCUT2D eigenvalue weighted by Gasteiger charge is -2.19. The topological polar surface area (TPSA) is 44.6 Å². The maximum absolute atomic E-state index is 9.62. The quantitative estimate of drug-likeness (QED) is 0.668. The molecule has 0 bridgehead atoms. The van der Waals surface area contributed by atoms with E-state index in [1.165, 1.54) is 5.39 Å². The lowest BCUT2D eigenvalue weighted by Crippen LogP contribution is -2.16. The summed E-state index contributed by atoms with van der Waals surface area (Å²) in [5, 5.41) is 15.3. The molecule has 0 radical (unpaired) electrons. The highest BCUT2D eigenvalue weighted by Gasteiger charge is 2.15. The number of hydrogen-bond acceptors (Lipinski definition) is 3. The first-order valence-electron chi connectivity index (χ1n) is 6.59. The zero-order valence-corrected chi connectivity index (χ0v) is 12.6. The summed E-state index contributed by atoms with van der Waals surface area (Å²) in [4.78, 5) is 4.71. The van der Waals surface area contributed by atoms with E-state index >= 15 is 0 Å². The van der Waals surface area contributed by atoms with Crippen LogP contribution >= 0.6 is 15.9 Å². The number of nitrogens with zero attached hydrogens (tertiary/aromatic N) is 1. The Morgan fingerprint density at radius 3 is 2.62 bits per heavy atom. The molecule has 0 spiro atoms. The van der Waals surface area contributed by atoms with Gasteiger partial charge in [0.05, 0.1) is 10.2 Å². The number of rotatable bonds is 1. The van der Waals surface area contributed by atoms with Crippen molar-refractivity contribution in [2.75, 3.05) is 5.32 Å².